The summed E-state index contributed by atoms with van der Waals surface area (Å²) in [6.45, 7) is 0. The standard InChI is InChI=1S/C16H17IN2O2/c17-10-1-3-11(4-2-10)19-12-5-6-13(19)8-16(7-12)9-14(20)18-15(16)21/h1-4,12-13H,5-9H2,(H,18,20,21)/t12-,13+,16?. The minimum absolute atomic E-state index is 0.0355. The summed E-state index contributed by atoms with van der Waals surface area (Å²) in [6.07, 6.45) is 4.26. The third-order valence-corrected chi connectivity index (χ3v) is 5.95. The number of amides is 2. The third kappa shape index (κ3) is 2.08. The van der Waals surface area contributed by atoms with Crippen LogP contribution in [0.3, 0.4) is 0 Å². The normalized spacial score (nSPS) is 34.6. The Balaban J connectivity index is 1.64. The summed E-state index contributed by atoms with van der Waals surface area (Å²) < 4.78 is 1.23. The monoisotopic (exact) mass is 396 g/mol. The van der Waals surface area contributed by atoms with Crippen LogP contribution in [0.4, 0.5) is 5.69 Å². The molecule has 4 nitrogen and oxygen atoms in total. The van der Waals surface area contributed by atoms with Gasteiger partial charge in [0.2, 0.25) is 11.8 Å². The molecule has 3 aliphatic heterocycles. The van der Waals surface area contributed by atoms with Crippen molar-refractivity contribution in [2.75, 3.05) is 4.90 Å². The molecule has 1 unspecified atom stereocenters. The van der Waals surface area contributed by atoms with Gasteiger partial charge in [-0.2, -0.15) is 0 Å². The Labute approximate surface area is 137 Å². The SMILES string of the molecule is O=C1CC2(C[C@H]3CC[C@@H](C2)N3c2ccc(I)cc2)C(=O)N1. The highest BCUT2D eigenvalue weighted by atomic mass is 127. The molecular weight excluding hydrogens is 379 g/mol. The van der Waals surface area contributed by atoms with E-state index in [0.717, 1.165) is 25.7 Å². The van der Waals surface area contributed by atoms with E-state index in [-0.39, 0.29) is 11.8 Å². The Morgan fingerprint density at radius 3 is 2.24 bits per heavy atom. The summed E-state index contributed by atoms with van der Waals surface area (Å²) >= 11 is 2.32. The summed E-state index contributed by atoms with van der Waals surface area (Å²) in [4.78, 5) is 26.3. The third-order valence-electron chi connectivity index (χ3n) is 5.23. The van der Waals surface area contributed by atoms with Gasteiger partial charge in [-0.25, -0.2) is 0 Å². The molecule has 21 heavy (non-hydrogen) atoms. The first-order valence-electron chi connectivity index (χ1n) is 7.46. The molecule has 110 valence electrons. The molecule has 0 radical (unpaired) electrons. The maximum absolute atomic E-state index is 12.2. The Hall–Kier alpha value is -1.11. The molecule has 3 atom stereocenters. The number of hydrogen-bond acceptors (Lipinski definition) is 3. The van der Waals surface area contributed by atoms with Gasteiger partial charge in [-0.3, -0.25) is 14.9 Å². The highest BCUT2D eigenvalue weighted by Crippen LogP contribution is 2.50. The molecule has 1 spiro atoms. The second-order valence-electron chi connectivity index (χ2n) is 6.51. The Morgan fingerprint density at radius 2 is 1.71 bits per heavy atom. The maximum atomic E-state index is 12.2. The number of imide groups is 1. The number of carbonyl (C=O) groups is 2. The number of benzene rings is 1. The number of piperidine rings is 1. The van der Waals surface area contributed by atoms with Crippen LogP contribution in [0.25, 0.3) is 0 Å². The molecule has 3 heterocycles. The topological polar surface area (TPSA) is 49.4 Å². The average molecular weight is 396 g/mol. The van der Waals surface area contributed by atoms with Crippen molar-refractivity contribution in [2.45, 2.75) is 44.2 Å². The Bertz CT molecular complexity index is 599. The van der Waals surface area contributed by atoms with Gasteiger partial charge in [0.1, 0.15) is 0 Å². The van der Waals surface area contributed by atoms with Crippen molar-refractivity contribution in [1.29, 1.82) is 0 Å². The number of anilines is 1. The lowest BCUT2D eigenvalue weighted by molar-refractivity contribution is -0.129. The predicted molar refractivity (Wildman–Crippen MR) is 87.9 cm³/mol. The van der Waals surface area contributed by atoms with Gasteiger partial charge in [0, 0.05) is 27.8 Å². The fourth-order valence-electron chi connectivity index (χ4n) is 4.40. The largest absolute Gasteiger partial charge is 0.365 e. The predicted octanol–water partition coefficient (Wildman–Crippen LogP) is 2.46. The molecular formula is C16H17IN2O2. The first-order valence-corrected chi connectivity index (χ1v) is 8.53. The zero-order chi connectivity index (χ0) is 14.6. The number of nitrogens with one attached hydrogen (secondary N) is 1. The van der Waals surface area contributed by atoms with Crippen molar-refractivity contribution >= 4 is 40.1 Å². The number of carbonyl (C=O) groups excluding carboxylic acids is 2. The summed E-state index contributed by atoms with van der Waals surface area (Å²) in [6, 6.07) is 9.38. The van der Waals surface area contributed by atoms with Crippen LogP contribution in [0.2, 0.25) is 0 Å². The first kappa shape index (κ1) is 13.5. The van der Waals surface area contributed by atoms with Gasteiger partial charge < -0.3 is 4.90 Å². The van der Waals surface area contributed by atoms with E-state index in [1.54, 1.807) is 0 Å². The average Bonchev–Trinajstić information content (AvgIpc) is 2.86. The van der Waals surface area contributed by atoms with Gasteiger partial charge >= 0.3 is 0 Å². The molecule has 3 aliphatic rings. The molecule has 1 aromatic carbocycles. The fraction of sp³-hybridized carbons (Fsp3) is 0.500. The van der Waals surface area contributed by atoms with Crippen LogP contribution < -0.4 is 10.2 Å². The second-order valence-corrected chi connectivity index (χ2v) is 7.76. The number of halogens is 1. The lowest BCUT2D eigenvalue weighted by atomic mass is 9.73. The van der Waals surface area contributed by atoms with Crippen LogP contribution >= 0.6 is 22.6 Å². The highest BCUT2D eigenvalue weighted by Gasteiger charge is 2.55. The molecule has 0 aromatic heterocycles. The molecule has 2 amide bonds. The maximum Gasteiger partial charge on any atom is 0.233 e. The molecule has 4 rings (SSSR count). The van der Waals surface area contributed by atoms with Gasteiger partial charge in [0.15, 0.2) is 0 Å². The molecule has 1 aromatic rings. The molecule has 3 fully saturated rings. The summed E-state index contributed by atoms with van der Waals surface area (Å²) in [7, 11) is 0. The van der Waals surface area contributed by atoms with Crippen molar-refractivity contribution in [1.82, 2.24) is 5.32 Å². The molecule has 5 heteroatoms. The highest BCUT2D eigenvalue weighted by molar-refractivity contribution is 14.1. The molecule has 1 N–H and O–H groups in total. The van der Waals surface area contributed by atoms with E-state index in [4.69, 9.17) is 0 Å². The van der Waals surface area contributed by atoms with Gasteiger partial charge in [0.25, 0.3) is 0 Å². The molecule has 2 bridgehead atoms. The van der Waals surface area contributed by atoms with Crippen LogP contribution in [0.15, 0.2) is 24.3 Å². The minimum atomic E-state index is -0.428. The number of nitrogens with zero attached hydrogens (tertiary/aromatic N) is 1. The number of fused-ring (bicyclic) bond motifs is 2. The van der Waals surface area contributed by atoms with E-state index >= 15 is 0 Å². The summed E-state index contributed by atoms with van der Waals surface area (Å²) in [5, 5.41) is 2.51. The summed E-state index contributed by atoms with van der Waals surface area (Å²) in [5.41, 5.74) is 0.824. The quantitative estimate of drug-likeness (QED) is 0.586. The van der Waals surface area contributed by atoms with E-state index in [0.29, 0.717) is 18.5 Å². The van der Waals surface area contributed by atoms with Gasteiger partial charge in [-0.05, 0) is 72.5 Å². The summed E-state index contributed by atoms with van der Waals surface area (Å²) in [5.74, 6) is -0.131. The molecule has 0 aliphatic carbocycles. The first-order chi connectivity index (χ1) is 10.1. The zero-order valence-electron chi connectivity index (χ0n) is 11.6. The van der Waals surface area contributed by atoms with E-state index in [9.17, 15) is 9.59 Å². The van der Waals surface area contributed by atoms with Crippen LogP contribution in [0, 0.1) is 8.99 Å². The lowest BCUT2D eigenvalue weighted by Crippen LogP contribution is -2.50. The zero-order valence-corrected chi connectivity index (χ0v) is 13.8. The minimum Gasteiger partial charge on any atom is -0.365 e. The Kier molecular flexibility index (Phi) is 3.03. The van der Waals surface area contributed by atoms with Crippen molar-refractivity contribution in [3.8, 4) is 0 Å². The number of rotatable bonds is 1. The fourth-order valence-corrected chi connectivity index (χ4v) is 4.76. The van der Waals surface area contributed by atoms with Crippen molar-refractivity contribution < 1.29 is 9.59 Å². The van der Waals surface area contributed by atoms with E-state index in [2.05, 4.69) is 57.1 Å². The number of hydrogen-bond donors (Lipinski definition) is 1. The van der Waals surface area contributed by atoms with Crippen molar-refractivity contribution in [3.05, 3.63) is 27.8 Å². The molecule has 3 saturated heterocycles. The molecule has 0 saturated carbocycles. The Morgan fingerprint density at radius 1 is 1.10 bits per heavy atom. The van der Waals surface area contributed by atoms with Crippen molar-refractivity contribution in [2.24, 2.45) is 5.41 Å². The lowest BCUT2D eigenvalue weighted by Gasteiger charge is -2.44. The second kappa shape index (κ2) is 4.69. The van der Waals surface area contributed by atoms with E-state index < -0.39 is 5.41 Å². The van der Waals surface area contributed by atoms with Crippen LogP contribution in [0.1, 0.15) is 32.1 Å². The van der Waals surface area contributed by atoms with E-state index in [1.807, 2.05) is 0 Å². The van der Waals surface area contributed by atoms with Gasteiger partial charge in [0.05, 0.1) is 5.41 Å². The van der Waals surface area contributed by atoms with E-state index in [1.165, 1.54) is 9.26 Å². The van der Waals surface area contributed by atoms with Crippen LogP contribution in [0.5, 0.6) is 0 Å². The van der Waals surface area contributed by atoms with Crippen molar-refractivity contribution in [3.63, 3.8) is 0 Å². The van der Waals surface area contributed by atoms with Gasteiger partial charge in [-0.1, -0.05) is 0 Å². The smallest absolute Gasteiger partial charge is 0.233 e. The van der Waals surface area contributed by atoms with Gasteiger partial charge in [-0.15, -0.1) is 0 Å². The van der Waals surface area contributed by atoms with Crippen LogP contribution in [-0.2, 0) is 9.59 Å². The van der Waals surface area contributed by atoms with Crippen LogP contribution in [-0.4, -0.2) is 23.9 Å².